The molecule has 4 atom stereocenters. The molecule has 0 heterocycles. The Morgan fingerprint density at radius 2 is 1.89 bits per heavy atom. The summed E-state index contributed by atoms with van der Waals surface area (Å²) >= 11 is 0. The zero-order valence-corrected chi connectivity index (χ0v) is 11.1. The number of fused-ring (bicyclic) bond motifs is 1. The first-order chi connectivity index (χ1) is 8.29. The third kappa shape index (κ3) is 2.44. The maximum atomic E-state index is 11.5. The van der Waals surface area contributed by atoms with Crippen molar-refractivity contribution in [2.75, 3.05) is 6.54 Å². The first-order valence-electron chi connectivity index (χ1n) is 6.49. The lowest BCUT2D eigenvalue weighted by molar-refractivity contribution is -0.171. The van der Waals surface area contributed by atoms with E-state index in [9.17, 15) is 9.59 Å². The second-order valence-electron chi connectivity index (χ2n) is 6.32. The molecule has 0 aromatic carbocycles. The largest absolute Gasteiger partial charge is 0.481 e. The number of nitrogens with one attached hydrogen (secondary N) is 1. The molecule has 2 aliphatic carbocycles. The molecule has 0 aromatic heterocycles. The SMILES string of the molecule is CC(C)(C)OC(=O)NC[C@@H]1[C@H]2CC[C@H]2[C@@H]1C(=O)O. The number of alkyl carbamates (subject to hydrolysis) is 1. The van der Waals surface area contributed by atoms with Gasteiger partial charge < -0.3 is 15.2 Å². The van der Waals surface area contributed by atoms with Crippen molar-refractivity contribution in [3.8, 4) is 0 Å². The summed E-state index contributed by atoms with van der Waals surface area (Å²) in [5, 5.41) is 11.8. The summed E-state index contributed by atoms with van der Waals surface area (Å²) in [5.41, 5.74) is -0.519. The Morgan fingerprint density at radius 1 is 1.28 bits per heavy atom. The van der Waals surface area contributed by atoms with Crippen LogP contribution in [0.3, 0.4) is 0 Å². The number of carbonyl (C=O) groups is 2. The van der Waals surface area contributed by atoms with Gasteiger partial charge in [0.05, 0.1) is 5.92 Å². The number of hydrogen-bond acceptors (Lipinski definition) is 3. The van der Waals surface area contributed by atoms with Gasteiger partial charge in [0, 0.05) is 6.54 Å². The quantitative estimate of drug-likeness (QED) is 0.807. The van der Waals surface area contributed by atoms with E-state index in [1.807, 2.05) is 0 Å². The Morgan fingerprint density at radius 3 is 2.33 bits per heavy atom. The molecule has 1 amide bonds. The van der Waals surface area contributed by atoms with E-state index in [1.54, 1.807) is 20.8 Å². The fraction of sp³-hybridized carbons (Fsp3) is 0.846. The van der Waals surface area contributed by atoms with Crippen LogP contribution >= 0.6 is 0 Å². The maximum Gasteiger partial charge on any atom is 0.407 e. The monoisotopic (exact) mass is 255 g/mol. The van der Waals surface area contributed by atoms with Crippen LogP contribution in [0.25, 0.3) is 0 Å². The minimum Gasteiger partial charge on any atom is -0.481 e. The summed E-state index contributed by atoms with van der Waals surface area (Å²) in [6.45, 7) is 5.82. The van der Waals surface area contributed by atoms with E-state index in [0.717, 1.165) is 12.8 Å². The summed E-state index contributed by atoms with van der Waals surface area (Å²) in [6.07, 6.45) is 1.65. The van der Waals surface area contributed by atoms with E-state index in [4.69, 9.17) is 9.84 Å². The first kappa shape index (κ1) is 13.2. The van der Waals surface area contributed by atoms with Gasteiger partial charge in [-0.1, -0.05) is 0 Å². The number of carbonyl (C=O) groups excluding carboxylic acids is 1. The average Bonchev–Trinajstić information content (AvgIpc) is 2.15. The molecular formula is C13H21NO4. The predicted molar refractivity (Wildman–Crippen MR) is 65.1 cm³/mol. The highest BCUT2D eigenvalue weighted by Gasteiger charge is 2.58. The molecule has 0 spiro atoms. The van der Waals surface area contributed by atoms with Crippen molar-refractivity contribution in [2.24, 2.45) is 23.7 Å². The molecule has 0 bridgehead atoms. The van der Waals surface area contributed by atoms with Crippen LogP contribution in [-0.4, -0.2) is 29.3 Å². The molecule has 0 radical (unpaired) electrons. The normalized spacial score (nSPS) is 33.7. The van der Waals surface area contributed by atoms with Crippen LogP contribution in [0.1, 0.15) is 33.6 Å². The third-order valence-corrected chi connectivity index (χ3v) is 4.02. The van der Waals surface area contributed by atoms with Crippen LogP contribution in [0.5, 0.6) is 0 Å². The highest BCUT2D eigenvalue weighted by molar-refractivity contribution is 5.73. The van der Waals surface area contributed by atoms with Gasteiger partial charge in [-0.05, 0) is 51.4 Å². The summed E-state index contributed by atoms with van der Waals surface area (Å²) in [7, 11) is 0. The standard InChI is InChI=1S/C13H21NO4/c1-13(2,3)18-12(17)14-6-9-7-4-5-8(7)10(9)11(15)16/h7-10H,4-6H2,1-3H3,(H,14,17)(H,15,16)/t7-,8+,9+,10-/m0/s1. The number of carboxylic acids is 1. The number of rotatable bonds is 3. The molecule has 5 nitrogen and oxygen atoms in total. The predicted octanol–water partition coefficient (Wildman–Crippen LogP) is 1.87. The van der Waals surface area contributed by atoms with Gasteiger partial charge in [-0.3, -0.25) is 4.79 Å². The molecule has 2 rings (SSSR count). The van der Waals surface area contributed by atoms with Crippen molar-refractivity contribution in [1.82, 2.24) is 5.32 Å². The van der Waals surface area contributed by atoms with Gasteiger partial charge in [-0.25, -0.2) is 4.79 Å². The second-order valence-corrected chi connectivity index (χ2v) is 6.32. The number of hydrogen-bond donors (Lipinski definition) is 2. The first-order valence-corrected chi connectivity index (χ1v) is 6.49. The van der Waals surface area contributed by atoms with Gasteiger partial charge in [-0.15, -0.1) is 0 Å². The lowest BCUT2D eigenvalue weighted by atomic mass is 9.47. The zero-order valence-electron chi connectivity index (χ0n) is 11.1. The van der Waals surface area contributed by atoms with Crippen LogP contribution in [0.4, 0.5) is 4.79 Å². The Balaban J connectivity index is 1.80. The fourth-order valence-electron chi connectivity index (χ4n) is 3.13. The summed E-state index contributed by atoms with van der Waals surface area (Å²) in [5.74, 6) is -0.103. The number of amides is 1. The van der Waals surface area contributed by atoms with Crippen molar-refractivity contribution < 1.29 is 19.4 Å². The number of aliphatic carboxylic acids is 1. The highest BCUT2D eigenvalue weighted by Crippen LogP contribution is 2.58. The molecule has 0 saturated heterocycles. The number of carboxylic acid groups (broad SMARTS) is 1. The Bertz CT molecular complexity index is 360. The number of ether oxygens (including phenoxy) is 1. The minimum absolute atomic E-state index is 0.0776. The molecular weight excluding hydrogens is 234 g/mol. The molecule has 18 heavy (non-hydrogen) atoms. The van der Waals surface area contributed by atoms with Crippen LogP contribution in [-0.2, 0) is 9.53 Å². The Hall–Kier alpha value is -1.26. The molecule has 2 aliphatic rings. The molecule has 2 fully saturated rings. The molecule has 0 aliphatic heterocycles. The minimum atomic E-state index is -0.730. The van der Waals surface area contributed by atoms with Crippen molar-refractivity contribution in [3.05, 3.63) is 0 Å². The van der Waals surface area contributed by atoms with E-state index in [1.165, 1.54) is 0 Å². The van der Waals surface area contributed by atoms with Crippen LogP contribution in [0, 0.1) is 23.7 Å². The Labute approximate surface area is 107 Å². The molecule has 2 N–H and O–H groups in total. The van der Waals surface area contributed by atoms with Gasteiger partial charge in [0.15, 0.2) is 0 Å². The lowest BCUT2D eigenvalue weighted by Crippen LogP contribution is -2.59. The molecule has 2 saturated carbocycles. The van der Waals surface area contributed by atoms with E-state index in [2.05, 4.69) is 5.32 Å². The second kappa shape index (κ2) is 4.44. The van der Waals surface area contributed by atoms with Crippen molar-refractivity contribution in [1.29, 1.82) is 0 Å². The fourth-order valence-corrected chi connectivity index (χ4v) is 3.13. The van der Waals surface area contributed by atoms with Crippen molar-refractivity contribution in [3.63, 3.8) is 0 Å². The van der Waals surface area contributed by atoms with E-state index >= 15 is 0 Å². The Kier molecular flexibility index (Phi) is 3.25. The van der Waals surface area contributed by atoms with Gasteiger partial charge >= 0.3 is 12.1 Å². The third-order valence-electron chi connectivity index (χ3n) is 4.02. The van der Waals surface area contributed by atoms with Gasteiger partial charge in [0.25, 0.3) is 0 Å². The van der Waals surface area contributed by atoms with Crippen LogP contribution in [0.15, 0.2) is 0 Å². The van der Waals surface area contributed by atoms with E-state index in [0.29, 0.717) is 18.4 Å². The van der Waals surface area contributed by atoms with Crippen LogP contribution in [0.2, 0.25) is 0 Å². The highest BCUT2D eigenvalue weighted by atomic mass is 16.6. The van der Waals surface area contributed by atoms with Gasteiger partial charge in [0.1, 0.15) is 5.60 Å². The van der Waals surface area contributed by atoms with E-state index < -0.39 is 17.7 Å². The zero-order chi connectivity index (χ0) is 13.5. The topological polar surface area (TPSA) is 75.6 Å². The average molecular weight is 255 g/mol. The summed E-state index contributed by atoms with van der Waals surface area (Å²) < 4.78 is 5.14. The maximum absolute atomic E-state index is 11.5. The molecule has 102 valence electrons. The molecule has 5 heteroatoms. The van der Waals surface area contributed by atoms with Crippen LogP contribution < -0.4 is 5.32 Å². The van der Waals surface area contributed by atoms with Crippen molar-refractivity contribution >= 4 is 12.1 Å². The molecule has 0 unspecified atom stereocenters. The smallest absolute Gasteiger partial charge is 0.407 e. The molecule has 0 aromatic rings. The lowest BCUT2D eigenvalue weighted by Gasteiger charge is -2.57. The summed E-state index contributed by atoms with van der Waals surface area (Å²) in [6, 6.07) is 0. The van der Waals surface area contributed by atoms with Crippen molar-refractivity contribution in [2.45, 2.75) is 39.2 Å². The van der Waals surface area contributed by atoms with Gasteiger partial charge in [0.2, 0.25) is 0 Å². The van der Waals surface area contributed by atoms with E-state index in [-0.39, 0.29) is 11.8 Å². The van der Waals surface area contributed by atoms with Gasteiger partial charge in [-0.2, -0.15) is 0 Å². The summed E-state index contributed by atoms with van der Waals surface area (Å²) in [4.78, 5) is 22.6.